The maximum absolute atomic E-state index is 12.4. The lowest BCUT2D eigenvalue weighted by Gasteiger charge is -2.16. The molecule has 1 fully saturated rings. The monoisotopic (exact) mass is 314 g/mol. The van der Waals surface area contributed by atoms with Crippen molar-refractivity contribution in [2.75, 3.05) is 18.4 Å². The molecule has 1 aliphatic heterocycles. The summed E-state index contributed by atoms with van der Waals surface area (Å²) in [4.78, 5) is 14.4. The van der Waals surface area contributed by atoms with Gasteiger partial charge < -0.3 is 10.2 Å². The summed E-state index contributed by atoms with van der Waals surface area (Å²) in [7, 11) is 0. The summed E-state index contributed by atoms with van der Waals surface area (Å²) in [6.07, 6.45) is 3.19. The van der Waals surface area contributed by atoms with E-state index in [2.05, 4.69) is 27.8 Å². The molecule has 2 heterocycles. The lowest BCUT2D eigenvalue weighted by atomic mass is 10.1. The van der Waals surface area contributed by atoms with Crippen molar-refractivity contribution >= 4 is 11.6 Å². The summed E-state index contributed by atoms with van der Waals surface area (Å²) >= 11 is 0. The van der Waals surface area contributed by atoms with Gasteiger partial charge in [0.2, 0.25) is 0 Å². The van der Waals surface area contributed by atoms with E-state index in [9.17, 15) is 4.79 Å². The van der Waals surface area contributed by atoms with Crippen LogP contribution in [0, 0.1) is 0 Å². The van der Waals surface area contributed by atoms with E-state index < -0.39 is 0 Å². The van der Waals surface area contributed by atoms with Gasteiger partial charge in [-0.25, -0.2) is 4.68 Å². The number of tetrazole rings is 1. The maximum atomic E-state index is 12.4. The molecule has 122 valence electrons. The summed E-state index contributed by atoms with van der Waals surface area (Å²) in [5.41, 5.74) is 1.63. The molecule has 1 aliphatic rings. The van der Waals surface area contributed by atoms with Crippen molar-refractivity contribution in [1.82, 2.24) is 25.1 Å². The van der Waals surface area contributed by atoms with Crippen LogP contribution in [0.3, 0.4) is 0 Å². The lowest BCUT2D eigenvalue weighted by Crippen LogP contribution is -2.27. The number of nitrogens with one attached hydrogen (secondary N) is 1. The van der Waals surface area contributed by atoms with Crippen molar-refractivity contribution < 1.29 is 4.79 Å². The summed E-state index contributed by atoms with van der Waals surface area (Å²) in [6, 6.07) is 7.62. The average Bonchev–Trinajstić information content (AvgIpc) is 3.25. The van der Waals surface area contributed by atoms with E-state index in [1.54, 1.807) is 4.68 Å². The molecule has 0 radical (unpaired) electrons. The molecule has 0 atom stereocenters. The summed E-state index contributed by atoms with van der Waals surface area (Å²) in [5, 5.41) is 15.0. The second-order valence-electron chi connectivity index (χ2n) is 5.75. The first-order valence-corrected chi connectivity index (χ1v) is 8.16. The largest absolute Gasteiger partial charge is 0.378 e. The summed E-state index contributed by atoms with van der Waals surface area (Å²) in [5.74, 6) is 0.907. The highest BCUT2D eigenvalue weighted by atomic mass is 16.2. The minimum Gasteiger partial charge on any atom is -0.378 e. The van der Waals surface area contributed by atoms with Crippen molar-refractivity contribution in [2.24, 2.45) is 0 Å². The Morgan fingerprint density at radius 1 is 1.30 bits per heavy atom. The Kier molecular flexibility index (Phi) is 4.85. The van der Waals surface area contributed by atoms with Gasteiger partial charge in [-0.1, -0.05) is 13.0 Å². The fourth-order valence-corrected chi connectivity index (χ4v) is 2.78. The first-order chi connectivity index (χ1) is 11.3. The molecule has 1 N–H and O–H groups in total. The third-order valence-electron chi connectivity index (χ3n) is 3.99. The molecule has 7 heteroatoms. The van der Waals surface area contributed by atoms with E-state index in [-0.39, 0.29) is 5.91 Å². The van der Waals surface area contributed by atoms with Crippen LogP contribution in [-0.2, 0) is 13.1 Å². The predicted octanol–water partition coefficient (Wildman–Crippen LogP) is 1.93. The Bertz CT molecular complexity index is 662. The molecule has 1 saturated heterocycles. The van der Waals surface area contributed by atoms with Crippen molar-refractivity contribution in [3.05, 3.63) is 35.7 Å². The molecule has 0 unspecified atom stereocenters. The predicted molar refractivity (Wildman–Crippen MR) is 87.0 cm³/mol. The van der Waals surface area contributed by atoms with Crippen LogP contribution in [-0.4, -0.2) is 44.1 Å². The van der Waals surface area contributed by atoms with Gasteiger partial charge in [0.15, 0.2) is 5.82 Å². The normalized spacial score (nSPS) is 14.2. The standard InChI is InChI=1S/C16H22N6O/c1-2-8-22-15(18-19-20-22)12-17-14-7-5-6-13(11-14)16(23)21-9-3-4-10-21/h5-7,11,17H,2-4,8-10,12H2,1H3. The van der Waals surface area contributed by atoms with Crippen LogP contribution in [0.15, 0.2) is 24.3 Å². The Morgan fingerprint density at radius 3 is 2.91 bits per heavy atom. The molecule has 1 aromatic carbocycles. The molecular weight excluding hydrogens is 292 g/mol. The van der Waals surface area contributed by atoms with Crippen LogP contribution >= 0.6 is 0 Å². The number of aromatic nitrogens is 4. The number of nitrogens with zero attached hydrogens (tertiary/aromatic N) is 5. The van der Waals surface area contributed by atoms with E-state index in [4.69, 9.17) is 0 Å². The second kappa shape index (κ2) is 7.21. The van der Waals surface area contributed by atoms with Gasteiger partial charge in [0, 0.05) is 30.9 Å². The minimum absolute atomic E-state index is 0.113. The van der Waals surface area contributed by atoms with Crippen molar-refractivity contribution in [2.45, 2.75) is 39.3 Å². The van der Waals surface area contributed by atoms with Crippen LogP contribution in [0.25, 0.3) is 0 Å². The molecule has 1 aromatic heterocycles. The zero-order valence-corrected chi connectivity index (χ0v) is 13.4. The first kappa shape index (κ1) is 15.5. The minimum atomic E-state index is 0.113. The topological polar surface area (TPSA) is 75.9 Å². The van der Waals surface area contributed by atoms with Crippen molar-refractivity contribution in [1.29, 1.82) is 0 Å². The first-order valence-electron chi connectivity index (χ1n) is 8.16. The van der Waals surface area contributed by atoms with Gasteiger partial charge in [-0.3, -0.25) is 4.79 Å². The molecular formula is C16H22N6O. The van der Waals surface area contributed by atoms with Gasteiger partial charge in [0.05, 0.1) is 6.54 Å². The van der Waals surface area contributed by atoms with Crippen LogP contribution < -0.4 is 5.32 Å². The molecule has 0 saturated carbocycles. The molecule has 3 rings (SSSR count). The molecule has 23 heavy (non-hydrogen) atoms. The number of likely N-dealkylation sites (tertiary alicyclic amines) is 1. The fourth-order valence-electron chi connectivity index (χ4n) is 2.78. The van der Waals surface area contributed by atoms with Gasteiger partial charge >= 0.3 is 0 Å². The van der Waals surface area contributed by atoms with Crippen LogP contribution in [0.2, 0.25) is 0 Å². The number of amides is 1. The Hall–Kier alpha value is -2.44. The highest BCUT2D eigenvalue weighted by Crippen LogP contribution is 2.16. The van der Waals surface area contributed by atoms with E-state index in [1.165, 1.54) is 0 Å². The number of carbonyl (C=O) groups excluding carboxylic acids is 1. The smallest absolute Gasteiger partial charge is 0.253 e. The molecule has 7 nitrogen and oxygen atoms in total. The lowest BCUT2D eigenvalue weighted by molar-refractivity contribution is 0.0793. The van der Waals surface area contributed by atoms with Crippen molar-refractivity contribution in [3.63, 3.8) is 0 Å². The number of hydrogen-bond acceptors (Lipinski definition) is 5. The van der Waals surface area contributed by atoms with Gasteiger partial charge in [0.1, 0.15) is 0 Å². The number of rotatable bonds is 6. The molecule has 0 spiro atoms. The SMILES string of the molecule is CCCn1nnnc1CNc1cccc(C(=O)N2CCCC2)c1. The van der Waals surface area contributed by atoms with Crippen LogP contribution in [0.4, 0.5) is 5.69 Å². The average molecular weight is 314 g/mol. The fraction of sp³-hybridized carbons (Fsp3) is 0.500. The quantitative estimate of drug-likeness (QED) is 0.881. The third-order valence-corrected chi connectivity index (χ3v) is 3.99. The zero-order valence-electron chi connectivity index (χ0n) is 13.4. The number of anilines is 1. The van der Waals surface area contributed by atoms with Crippen LogP contribution in [0.1, 0.15) is 42.4 Å². The number of benzene rings is 1. The summed E-state index contributed by atoms with van der Waals surface area (Å²) < 4.78 is 1.80. The Labute approximate surface area is 135 Å². The second-order valence-corrected chi connectivity index (χ2v) is 5.75. The number of aryl methyl sites for hydroxylation is 1. The van der Waals surface area contributed by atoms with E-state index >= 15 is 0 Å². The van der Waals surface area contributed by atoms with Gasteiger partial charge in [-0.2, -0.15) is 0 Å². The van der Waals surface area contributed by atoms with Crippen LogP contribution in [0.5, 0.6) is 0 Å². The molecule has 0 bridgehead atoms. The van der Waals surface area contributed by atoms with E-state index in [0.29, 0.717) is 6.54 Å². The zero-order chi connectivity index (χ0) is 16.1. The van der Waals surface area contributed by atoms with E-state index in [1.807, 2.05) is 29.2 Å². The number of hydrogen-bond donors (Lipinski definition) is 1. The van der Waals surface area contributed by atoms with Gasteiger partial charge in [0.25, 0.3) is 5.91 Å². The van der Waals surface area contributed by atoms with Crippen molar-refractivity contribution in [3.8, 4) is 0 Å². The van der Waals surface area contributed by atoms with Gasteiger partial charge in [-0.15, -0.1) is 5.10 Å². The number of carbonyl (C=O) groups is 1. The third kappa shape index (κ3) is 3.67. The summed E-state index contributed by atoms with van der Waals surface area (Å²) in [6.45, 7) is 5.16. The Morgan fingerprint density at radius 2 is 2.13 bits per heavy atom. The highest BCUT2D eigenvalue weighted by Gasteiger charge is 2.19. The molecule has 0 aliphatic carbocycles. The Balaban J connectivity index is 1.65. The molecule has 2 aromatic rings. The molecule has 1 amide bonds. The maximum Gasteiger partial charge on any atom is 0.253 e. The highest BCUT2D eigenvalue weighted by molar-refractivity contribution is 5.95. The van der Waals surface area contributed by atoms with E-state index in [0.717, 1.165) is 56.0 Å². The van der Waals surface area contributed by atoms with Gasteiger partial charge in [-0.05, 0) is 47.9 Å².